The summed E-state index contributed by atoms with van der Waals surface area (Å²) in [4.78, 5) is 29.4. The van der Waals surface area contributed by atoms with Crippen molar-refractivity contribution in [3.63, 3.8) is 0 Å². The van der Waals surface area contributed by atoms with Crippen LogP contribution in [-0.2, 0) is 4.74 Å². The largest absolute Gasteiger partial charge is 0.478 e. The SMILES string of the molecule is O=C(O)c1ccc(N2CCC(CCN3CCOCC3)CC2)c(NC(=O)c2cccs2)c1. The Kier molecular flexibility index (Phi) is 7.21. The number of hydrogen-bond donors (Lipinski definition) is 2. The number of nitrogens with zero attached hydrogens (tertiary/aromatic N) is 2. The van der Waals surface area contributed by atoms with Gasteiger partial charge in [0.05, 0.1) is 35.0 Å². The first-order valence-corrected chi connectivity index (χ1v) is 11.8. The number of carbonyl (C=O) groups is 2. The highest BCUT2D eigenvalue weighted by Crippen LogP contribution is 2.32. The van der Waals surface area contributed by atoms with Gasteiger partial charge in [0.25, 0.3) is 5.91 Å². The highest BCUT2D eigenvalue weighted by Gasteiger charge is 2.23. The van der Waals surface area contributed by atoms with Crippen molar-refractivity contribution in [2.75, 3.05) is 56.2 Å². The van der Waals surface area contributed by atoms with Gasteiger partial charge < -0.3 is 20.1 Å². The molecule has 0 aliphatic carbocycles. The Morgan fingerprint density at radius 2 is 1.90 bits per heavy atom. The summed E-state index contributed by atoms with van der Waals surface area (Å²) >= 11 is 1.37. The zero-order valence-electron chi connectivity index (χ0n) is 17.6. The average Bonchev–Trinajstić information content (AvgIpc) is 3.34. The lowest BCUT2D eigenvalue weighted by atomic mass is 9.92. The molecule has 2 saturated heterocycles. The molecule has 2 aliphatic rings. The summed E-state index contributed by atoms with van der Waals surface area (Å²) in [5, 5.41) is 14.2. The van der Waals surface area contributed by atoms with Crippen LogP contribution < -0.4 is 10.2 Å². The van der Waals surface area contributed by atoms with Crippen molar-refractivity contribution in [1.82, 2.24) is 4.90 Å². The van der Waals surface area contributed by atoms with Gasteiger partial charge in [-0.1, -0.05) is 6.07 Å². The van der Waals surface area contributed by atoms with E-state index >= 15 is 0 Å². The molecule has 0 unspecified atom stereocenters. The molecule has 1 amide bonds. The molecule has 2 N–H and O–H groups in total. The zero-order chi connectivity index (χ0) is 21.6. The number of carbonyl (C=O) groups excluding carboxylic acids is 1. The number of benzene rings is 1. The molecule has 1 aromatic carbocycles. The fourth-order valence-electron chi connectivity index (χ4n) is 4.29. The van der Waals surface area contributed by atoms with E-state index in [1.54, 1.807) is 18.2 Å². The molecule has 0 radical (unpaired) electrons. The van der Waals surface area contributed by atoms with E-state index in [0.29, 0.717) is 16.5 Å². The molecule has 0 atom stereocenters. The van der Waals surface area contributed by atoms with Crippen LogP contribution in [-0.4, -0.2) is 67.8 Å². The molecule has 4 rings (SSSR count). The number of nitrogens with one attached hydrogen (secondary N) is 1. The highest BCUT2D eigenvalue weighted by molar-refractivity contribution is 7.12. The number of anilines is 2. The van der Waals surface area contributed by atoms with Gasteiger partial charge in [0.2, 0.25) is 0 Å². The molecule has 2 aromatic rings. The van der Waals surface area contributed by atoms with Crippen molar-refractivity contribution in [2.45, 2.75) is 19.3 Å². The normalized spacial score (nSPS) is 18.1. The number of morpholine rings is 1. The van der Waals surface area contributed by atoms with Crippen LogP contribution in [0.25, 0.3) is 0 Å². The summed E-state index contributed by atoms with van der Waals surface area (Å²) in [5.74, 6) is -0.513. The Balaban J connectivity index is 1.40. The first-order chi connectivity index (χ1) is 15.1. The smallest absolute Gasteiger partial charge is 0.335 e. The Hall–Kier alpha value is -2.42. The molecule has 1 aromatic heterocycles. The third-order valence-electron chi connectivity index (χ3n) is 6.15. The molecule has 0 spiro atoms. The minimum atomic E-state index is -1.00. The average molecular weight is 444 g/mol. The maximum atomic E-state index is 12.6. The van der Waals surface area contributed by atoms with E-state index in [9.17, 15) is 14.7 Å². The minimum Gasteiger partial charge on any atom is -0.478 e. The van der Waals surface area contributed by atoms with Gasteiger partial charge in [-0.05, 0) is 61.4 Å². The second kappa shape index (κ2) is 10.3. The number of rotatable bonds is 7. The van der Waals surface area contributed by atoms with E-state index in [0.717, 1.165) is 64.5 Å². The number of carboxylic acid groups (broad SMARTS) is 1. The summed E-state index contributed by atoms with van der Waals surface area (Å²) in [6.07, 6.45) is 3.40. The van der Waals surface area contributed by atoms with Crippen LogP contribution in [0.15, 0.2) is 35.7 Å². The monoisotopic (exact) mass is 443 g/mol. The van der Waals surface area contributed by atoms with Gasteiger partial charge in [-0.15, -0.1) is 11.3 Å². The lowest BCUT2D eigenvalue weighted by Gasteiger charge is -2.36. The predicted molar refractivity (Wildman–Crippen MR) is 122 cm³/mol. The van der Waals surface area contributed by atoms with Gasteiger partial charge in [0.15, 0.2) is 0 Å². The maximum absolute atomic E-state index is 12.6. The summed E-state index contributed by atoms with van der Waals surface area (Å²) in [6, 6.07) is 8.59. The molecule has 3 heterocycles. The Morgan fingerprint density at radius 1 is 1.13 bits per heavy atom. The van der Waals surface area contributed by atoms with Gasteiger partial charge >= 0.3 is 5.97 Å². The van der Waals surface area contributed by atoms with Crippen LogP contribution in [0.5, 0.6) is 0 Å². The third-order valence-corrected chi connectivity index (χ3v) is 7.02. The minimum absolute atomic E-state index is 0.172. The third kappa shape index (κ3) is 5.64. The second-order valence-corrected chi connectivity index (χ2v) is 9.09. The summed E-state index contributed by atoms with van der Waals surface area (Å²) < 4.78 is 5.43. The van der Waals surface area contributed by atoms with E-state index < -0.39 is 5.97 Å². The van der Waals surface area contributed by atoms with E-state index in [4.69, 9.17) is 4.74 Å². The van der Waals surface area contributed by atoms with E-state index in [-0.39, 0.29) is 11.5 Å². The molecule has 0 saturated carbocycles. The van der Waals surface area contributed by atoms with E-state index in [1.807, 2.05) is 17.5 Å². The molecule has 2 aliphatic heterocycles. The van der Waals surface area contributed by atoms with Crippen LogP contribution in [0.4, 0.5) is 11.4 Å². The first-order valence-electron chi connectivity index (χ1n) is 10.9. The van der Waals surface area contributed by atoms with Crippen molar-refractivity contribution >= 4 is 34.6 Å². The van der Waals surface area contributed by atoms with Crippen LogP contribution in [0.2, 0.25) is 0 Å². The quantitative estimate of drug-likeness (QED) is 0.680. The van der Waals surface area contributed by atoms with Gasteiger partial charge in [0, 0.05) is 26.2 Å². The molecule has 0 bridgehead atoms. The predicted octanol–water partition coefficient (Wildman–Crippen LogP) is 3.64. The van der Waals surface area contributed by atoms with Crippen LogP contribution >= 0.6 is 11.3 Å². The molecule has 2 fully saturated rings. The number of amides is 1. The summed E-state index contributed by atoms with van der Waals surface area (Å²) in [7, 11) is 0. The number of hydrogen-bond acceptors (Lipinski definition) is 6. The molecule has 7 nitrogen and oxygen atoms in total. The van der Waals surface area contributed by atoms with Crippen molar-refractivity contribution in [2.24, 2.45) is 5.92 Å². The van der Waals surface area contributed by atoms with Crippen LogP contribution in [0.1, 0.15) is 39.3 Å². The fraction of sp³-hybridized carbons (Fsp3) is 0.478. The molecular formula is C23H29N3O4S. The topological polar surface area (TPSA) is 82.1 Å². The van der Waals surface area contributed by atoms with Crippen LogP contribution in [0.3, 0.4) is 0 Å². The maximum Gasteiger partial charge on any atom is 0.335 e. The lowest BCUT2D eigenvalue weighted by Crippen LogP contribution is -2.39. The van der Waals surface area contributed by atoms with Crippen molar-refractivity contribution in [3.8, 4) is 0 Å². The number of aromatic carboxylic acids is 1. The second-order valence-electron chi connectivity index (χ2n) is 8.14. The van der Waals surface area contributed by atoms with E-state index in [1.165, 1.54) is 17.8 Å². The number of thiophene rings is 1. The van der Waals surface area contributed by atoms with Crippen LogP contribution in [0, 0.1) is 5.92 Å². The van der Waals surface area contributed by atoms with E-state index in [2.05, 4.69) is 15.1 Å². The molecular weight excluding hydrogens is 414 g/mol. The first kappa shape index (κ1) is 21.8. The molecule has 166 valence electrons. The zero-order valence-corrected chi connectivity index (χ0v) is 18.4. The Morgan fingerprint density at radius 3 is 2.58 bits per heavy atom. The van der Waals surface area contributed by atoms with Gasteiger partial charge in [0.1, 0.15) is 0 Å². The molecule has 8 heteroatoms. The van der Waals surface area contributed by atoms with Gasteiger partial charge in [-0.25, -0.2) is 4.79 Å². The van der Waals surface area contributed by atoms with Gasteiger partial charge in [-0.2, -0.15) is 0 Å². The van der Waals surface area contributed by atoms with Crippen molar-refractivity contribution < 1.29 is 19.4 Å². The lowest BCUT2D eigenvalue weighted by molar-refractivity contribution is 0.0349. The summed E-state index contributed by atoms with van der Waals surface area (Å²) in [6.45, 7) is 6.67. The Bertz CT molecular complexity index is 888. The summed E-state index contributed by atoms with van der Waals surface area (Å²) in [5.41, 5.74) is 1.62. The number of ether oxygens (including phenoxy) is 1. The fourth-order valence-corrected chi connectivity index (χ4v) is 4.91. The highest BCUT2D eigenvalue weighted by atomic mass is 32.1. The Labute approximate surface area is 186 Å². The number of piperidine rings is 1. The standard InChI is InChI=1S/C23H29N3O4S/c27-22(21-2-1-15-31-21)24-19-16-18(23(28)29)3-4-20(19)26-9-6-17(7-10-26)5-8-25-11-13-30-14-12-25/h1-4,15-17H,5-14H2,(H,24,27)(H,28,29). The molecule has 31 heavy (non-hydrogen) atoms. The number of carboxylic acids is 1. The van der Waals surface area contributed by atoms with Gasteiger partial charge in [-0.3, -0.25) is 9.69 Å². The van der Waals surface area contributed by atoms with Crippen molar-refractivity contribution in [1.29, 1.82) is 0 Å². The van der Waals surface area contributed by atoms with Crippen molar-refractivity contribution in [3.05, 3.63) is 46.2 Å².